The smallest absolute Gasteiger partial charge is 0.431 e. The fourth-order valence-corrected chi connectivity index (χ4v) is 4.04. The summed E-state index contributed by atoms with van der Waals surface area (Å²) in [6.07, 6.45) is -1.09. The third kappa shape index (κ3) is 3.55. The van der Waals surface area contributed by atoms with Crippen LogP contribution in [-0.4, -0.2) is 24.8 Å². The number of anilines is 1. The summed E-state index contributed by atoms with van der Waals surface area (Å²) in [6, 6.07) is 14.1. The minimum absolute atomic E-state index is 0.138. The molecule has 0 atom stereocenters. The molecule has 0 aliphatic carbocycles. The zero-order valence-electron chi connectivity index (χ0n) is 15.8. The predicted octanol–water partition coefficient (Wildman–Crippen LogP) is 5.71. The van der Waals surface area contributed by atoms with Crippen molar-refractivity contribution in [2.45, 2.75) is 32.0 Å². The number of benzene rings is 2. The van der Waals surface area contributed by atoms with Gasteiger partial charge < -0.3 is 14.2 Å². The lowest BCUT2D eigenvalue weighted by Gasteiger charge is -2.29. The summed E-state index contributed by atoms with van der Waals surface area (Å²) in [5.74, 6) is 0.636. The molecular formula is C22H23F3N2O. The second kappa shape index (κ2) is 7.41. The zero-order chi connectivity index (χ0) is 19.7. The number of methoxy groups -OCH3 is 1. The number of piperidine rings is 1. The Bertz CT molecular complexity index is 972. The lowest BCUT2D eigenvalue weighted by Crippen LogP contribution is -2.29. The van der Waals surface area contributed by atoms with Crippen LogP contribution in [0.3, 0.4) is 0 Å². The maximum absolute atomic E-state index is 13.8. The lowest BCUT2D eigenvalue weighted by atomic mass is 10.1. The minimum atomic E-state index is -4.42. The van der Waals surface area contributed by atoms with Crippen LogP contribution in [0.2, 0.25) is 0 Å². The summed E-state index contributed by atoms with van der Waals surface area (Å²) in [5, 5.41) is 0.666. The number of halogens is 3. The Balaban J connectivity index is 1.83. The third-order valence-corrected chi connectivity index (χ3v) is 5.38. The highest BCUT2D eigenvalue weighted by Crippen LogP contribution is 2.38. The first-order chi connectivity index (χ1) is 13.5. The quantitative estimate of drug-likeness (QED) is 0.570. The number of fused-ring (bicyclic) bond motifs is 1. The fourth-order valence-electron chi connectivity index (χ4n) is 4.04. The first-order valence-electron chi connectivity index (χ1n) is 9.55. The van der Waals surface area contributed by atoms with E-state index in [0.29, 0.717) is 16.7 Å². The number of nitrogens with zero attached hydrogens (tertiary/aromatic N) is 2. The van der Waals surface area contributed by atoms with E-state index in [4.69, 9.17) is 4.74 Å². The van der Waals surface area contributed by atoms with E-state index >= 15 is 0 Å². The van der Waals surface area contributed by atoms with Crippen LogP contribution in [0.1, 0.15) is 30.5 Å². The van der Waals surface area contributed by atoms with Crippen molar-refractivity contribution in [2.75, 3.05) is 25.1 Å². The molecule has 0 N–H and O–H groups in total. The van der Waals surface area contributed by atoms with Gasteiger partial charge in [-0.1, -0.05) is 18.2 Å². The summed E-state index contributed by atoms with van der Waals surface area (Å²) >= 11 is 0. The van der Waals surface area contributed by atoms with E-state index in [9.17, 15) is 13.2 Å². The Morgan fingerprint density at radius 3 is 2.43 bits per heavy atom. The molecular weight excluding hydrogens is 365 g/mol. The molecule has 4 rings (SSSR count). The number of rotatable bonds is 4. The van der Waals surface area contributed by atoms with Crippen LogP contribution in [-0.2, 0) is 12.7 Å². The molecule has 0 spiro atoms. The molecule has 1 fully saturated rings. The Labute approximate surface area is 162 Å². The van der Waals surface area contributed by atoms with Crippen molar-refractivity contribution in [2.24, 2.45) is 0 Å². The van der Waals surface area contributed by atoms with E-state index < -0.39 is 11.9 Å². The summed E-state index contributed by atoms with van der Waals surface area (Å²) in [5.41, 5.74) is 1.66. The third-order valence-electron chi connectivity index (χ3n) is 5.38. The molecule has 1 aliphatic heterocycles. The van der Waals surface area contributed by atoms with Crippen LogP contribution < -0.4 is 9.64 Å². The van der Waals surface area contributed by atoms with E-state index in [-0.39, 0.29) is 6.54 Å². The molecule has 1 saturated heterocycles. The maximum Gasteiger partial charge on any atom is 0.431 e. The first-order valence-corrected chi connectivity index (χ1v) is 9.55. The Hall–Kier alpha value is -2.63. The molecule has 0 amide bonds. The molecule has 6 heteroatoms. The Morgan fingerprint density at radius 1 is 0.964 bits per heavy atom. The van der Waals surface area contributed by atoms with Crippen LogP contribution in [0, 0.1) is 0 Å². The van der Waals surface area contributed by atoms with Crippen LogP contribution in [0.25, 0.3) is 10.9 Å². The van der Waals surface area contributed by atoms with E-state index in [1.165, 1.54) is 17.1 Å². The monoisotopic (exact) mass is 388 g/mol. The SMILES string of the molecule is COc1cccc(Cn2c(C(F)(F)F)cc3c(N4CCCCC4)cccc32)c1. The average molecular weight is 388 g/mol. The molecule has 2 aromatic carbocycles. The molecule has 3 nitrogen and oxygen atoms in total. The summed E-state index contributed by atoms with van der Waals surface area (Å²) in [4.78, 5) is 2.21. The van der Waals surface area contributed by atoms with Gasteiger partial charge in [0.05, 0.1) is 12.6 Å². The number of hydrogen-bond acceptors (Lipinski definition) is 2. The van der Waals surface area contributed by atoms with Crippen molar-refractivity contribution in [3.05, 3.63) is 59.8 Å². The van der Waals surface area contributed by atoms with Crippen molar-refractivity contribution in [1.29, 1.82) is 0 Å². The van der Waals surface area contributed by atoms with Gasteiger partial charge in [-0.25, -0.2) is 0 Å². The molecule has 0 bridgehead atoms. The van der Waals surface area contributed by atoms with Gasteiger partial charge in [-0.2, -0.15) is 13.2 Å². The summed E-state index contributed by atoms with van der Waals surface area (Å²) in [6.45, 7) is 1.92. The molecule has 28 heavy (non-hydrogen) atoms. The molecule has 1 aromatic heterocycles. The Kier molecular flexibility index (Phi) is 4.96. The van der Waals surface area contributed by atoms with Gasteiger partial charge >= 0.3 is 6.18 Å². The first kappa shape index (κ1) is 18.7. The van der Waals surface area contributed by atoms with Gasteiger partial charge in [-0.05, 0) is 55.2 Å². The van der Waals surface area contributed by atoms with Gasteiger partial charge in [0.25, 0.3) is 0 Å². The van der Waals surface area contributed by atoms with Crippen molar-refractivity contribution < 1.29 is 17.9 Å². The fraction of sp³-hybridized carbons (Fsp3) is 0.364. The van der Waals surface area contributed by atoms with Gasteiger partial charge in [0.15, 0.2) is 0 Å². The van der Waals surface area contributed by atoms with Gasteiger partial charge in [-0.3, -0.25) is 0 Å². The standard InChI is InChI=1S/C22H23F3N2O/c1-28-17-8-5-7-16(13-17)15-27-20-10-6-9-19(26-11-3-2-4-12-26)18(20)14-21(27)22(23,24)25/h5-10,13-14H,2-4,11-12,15H2,1H3. The molecule has 3 aromatic rings. The van der Waals surface area contributed by atoms with Crippen LogP contribution in [0.15, 0.2) is 48.5 Å². The van der Waals surface area contributed by atoms with Crippen LogP contribution >= 0.6 is 0 Å². The topological polar surface area (TPSA) is 17.4 Å². The van der Waals surface area contributed by atoms with Crippen molar-refractivity contribution >= 4 is 16.6 Å². The second-order valence-corrected chi connectivity index (χ2v) is 7.22. The molecule has 0 saturated carbocycles. The molecule has 0 radical (unpaired) electrons. The number of alkyl halides is 3. The van der Waals surface area contributed by atoms with E-state index in [2.05, 4.69) is 4.90 Å². The van der Waals surface area contributed by atoms with Crippen LogP contribution in [0.5, 0.6) is 5.75 Å². The Morgan fingerprint density at radius 2 is 1.71 bits per heavy atom. The molecule has 1 aliphatic rings. The molecule has 0 unspecified atom stereocenters. The summed E-state index contributed by atoms with van der Waals surface area (Å²) < 4.78 is 48.1. The number of ether oxygens (including phenoxy) is 1. The highest BCUT2D eigenvalue weighted by atomic mass is 19.4. The highest BCUT2D eigenvalue weighted by molar-refractivity contribution is 5.94. The molecule has 2 heterocycles. The van der Waals surface area contributed by atoms with E-state index in [1.807, 2.05) is 18.2 Å². The van der Waals surface area contributed by atoms with Gasteiger partial charge in [0, 0.05) is 30.7 Å². The van der Waals surface area contributed by atoms with Crippen molar-refractivity contribution in [3.63, 3.8) is 0 Å². The predicted molar refractivity (Wildman–Crippen MR) is 105 cm³/mol. The number of hydrogen-bond donors (Lipinski definition) is 0. The van der Waals surface area contributed by atoms with Crippen molar-refractivity contribution in [1.82, 2.24) is 4.57 Å². The van der Waals surface area contributed by atoms with E-state index in [1.54, 1.807) is 31.4 Å². The van der Waals surface area contributed by atoms with Gasteiger partial charge in [0.1, 0.15) is 11.4 Å². The largest absolute Gasteiger partial charge is 0.497 e. The van der Waals surface area contributed by atoms with Gasteiger partial charge in [0.2, 0.25) is 0 Å². The molecule has 148 valence electrons. The maximum atomic E-state index is 13.8. The second-order valence-electron chi connectivity index (χ2n) is 7.22. The van der Waals surface area contributed by atoms with Crippen LogP contribution in [0.4, 0.5) is 18.9 Å². The average Bonchev–Trinajstić information content (AvgIpc) is 3.08. The lowest BCUT2D eigenvalue weighted by molar-refractivity contribution is -0.143. The highest BCUT2D eigenvalue weighted by Gasteiger charge is 2.36. The normalized spacial score (nSPS) is 15.2. The number of aromatic nitrogens is 1. The van der Waals surface area contributed by atoms with Crippen molar-refractivity contribution in [3.8, 4) is 5.75 Å². The summed E-state index contributed by atoms with van der Waals surface area (Å²) in [7, 11) is 1.55. The van der Waals surface area contributed by atoms with E-state index in [0.717, 1.165) is 37.2 Å². The zero-order valence-corrected chi connectivity index (χ0v) is 15.8. The van der Waals surface area contributed by atoms with Gasteiger partial charge in [-0.15, -0.1) is 0 Å². The minimum Gasteiger partial charge on any atom is -0.497 e.